The van der Waals surface area contributed by atoms with Crippen molar-refractivity contribution in [1.29, 1.82) is 0 Å². The van der Waals surface area contributed by atoms with Gasteiger partial charge in [0.05, 0.1) is 0 Å². The van der Waals surface area contributed by atoms with Gasteiger partial charge in [0.25, 0.3) is 0 Å². The van der Waals surface area contributed by atoms with E-state index in [1.54, 1.807) is 0 Å². The van der Waals surface area contributed by atoms with Gasteiger partial charge in [-0.15, -0.1) is 11.6 Å². The fourth-order valence-electron chi connectivity index (χ4n) is 0.771. The van der Waals surface area contributed by atoms with Gasteiger partial charge in [-0.1, -0.05) is 26.7 Å². The third kappa shape index (κ3) is 8.35. The van der Waals surface area contributed by atoms with Crippen LogP contribution in [0.2, 0.25) is 0 Å². The maximum atomic E-state index is 5.88. The predicted molar refractivity (Wildman–Crippen MR) is 45.2 cm³/mol. The average molecular weight is 145 g/mol. The first-order valence-electron chi connectivity index (χ1n) is 3.45. The highest BCUT2D eigenvalue weighted by atomic mass is 35.5. The molecule has 0 aromatic heterocycles. The molecule has 0 saturated heterocycles. The van der Waals surface area contributed by atoms with E-state index in [1.807, 2.05) is 0 Å². The van der Waals surface area contributed by atoms with Crippen molar-refractivity contribution in [2.75, 3.05) is 0 Å². The maximum absolute atomic E-state index is 5.88. The van der Waals surface area contributed by atoms with E-state index in [0.29, 0.717) is 5.38 Å². The maximum Gasteiger partial charge on any atom is 0.0335 e. The summed E-state index contributed by atoms with van der Waals surface area (Å²) in [5.41, 5.74) is 0. The summed E-state index contributed by atoms with van der Waals surface area (Å²) in [6.07, 6.45) is 4.78. The molecule has 0 aromatic carbocycles. The van der Waals surface area contributed by atoms with Crippen molar-refractivity contribution in [3.8, 4) is 0 Å². The number of rotatable bonds is 4. The summed E-state index contributed by atoms with van der Waals surface area (Å²) in [7, 11) is 0. The number of halogens is 1. The fraction of sp³-hybridized carbons (Fsp3) is 1.00. The van der Waals surface area contributed by atoms with Crippen molar-refractivity contribution < 1.29 is 0 Å². The van der Waals surface area contributed by atoms with E-state index in [2.05, 4.69) is 13.8 Å². The highest BCUT2D eigenvalue weighted by Crippen LogP contribution is 2.10. The summed E-state index contributed by atoms with van der Waals surface area (Å²) in [4.78, 5) is 0. The van der Waals surface area contributed by atoms with Crippen molar-refractivity contribution in [2.24, 2.45) is 0 Å². The van der Waals surface area contributed by atoms with Gasteiger partial charge in [-0.2, -0.15) is 0 Å². The van der Waals surface area contributed by atoms with E-state index in [1.165, 1.54) is 25.7 Å². The summed E-state index contributed by atoms with van der Waals surface area (Å²) in [5, 5.41) is 0.435. The van der Waals surface area contributed by atoms with Gasteiger partial charge < -0.3 is 0 Å². The highest BCUT2D eigenvalue weighted by molar-refractivity contribution is 6.20. The Morgan fingerprint density at radius 3 is 1.67 bits per heavy atom. The van der Waals surface area contributed by atoms with Crippen LogP contribution in [-0.2, 0) is 0 Å². The lowest BCUT2D eigenvalue weighted by Gasteiger charge is -2.02. The topological polar surface area (TPSA) is 0 Å². The molecule has 0 aliphatic heterocycles. The van der Waals surface area contributed by atoms with Crippen molar-refractivity contribution >= 4 is 20.0 Å². The third-order valence-corrected chi connectivity index (χ3v) is 1.64. The molecular weight excluding hydrogens is 130 g/mol. The van der Waals surface area contributed by atoms with Crippen LogP contribution in [0.3, 0.4) is 0 Å². The predicted octanol–water partition coefficient (Wildman–Crippen LogP) is 2.81. The smallest absolute Gasteiger partial charge is 0.0335 e. The first-order chi connectivity index (χ1) is 3.81. The zero-order chi connectivity index (χ0) is 6.41. The fourth-order valence-corrected chi connectivity index (χ4v) is 1.21. The first kappa shape index (κ1) is 12.1. The lowest BCUT2D eigenvalue weighted by atomic mass is 10.2. The van der Waals surface area contributed by atoms with Gasteiger partial charge >= 0.3 is 0 Å². The van der Waals surface area contributed by atoms with Crippen molar-refractivity contribution in [3.05, 3.63) is 0 Å². The Kier molecular flexibility index (Phi) is 11.2. The second-order valence-electron chi connectivity index (χ2n) is 2.17. The van der Waals surface area contributed by atoms with Crippen LogP contribution in [0.1, 0.15) is 39.5 Å². The summed E-state index contributed by atoms with van der Waals surface area (Å²) in [6, 6.07) is 0. The van der Waals surface area contributed by atoms with Gasteiger partial charge in [0.1, 0.15) is 0 Å². The van der Waals surface area contributed by atoms with Gasteiger partial charge in [0, 0.05) is 13.8 Å². The van der Waals surface area contributed by atoms with Crippen LogP contribution >= 0.6 is 11.6 Å². The monoisotopic (exact) mass is 145 g/mol. The van der Waals surface area contributed by atoms with E-state index in [-0.39, 0.29) is 8.41 Å². The Bertz CT molecular complexity index is 42.2. The average Bonchev–Trinajstić information content (AvgIpc) is 1.68. The van der Waals surface area contributed by atoms with Gasteiger partial charge in [-0.3, -0.25) is 0 Å². The Balaban J connectivity index is 0. The molecule has 53 valence electrons. The van der Waals surface area contributed by atoms with Gasteiger partial charge in [0.15, 0.2) is 0 Å². The van der Waals surface area contributed by atoms with E-state index < -0.39 is 0 Å². The van der Waals surface area contributed by atoms with E-state index in [0.717, 1.165) is 0 Å². The van der Waals surface area contributed by atoms with E-state index in [4.69, 9.17) is 11.6 Å². The number of hydrogen-bond acceptors (Lipinski definition) is 0. The van der Waals surface area contributed by atoms with Crippen LogP contribution in [0.15, 0.2) is 0 Å². The molecule has 0 N–H and O–H groups in total. The normalized spacial score (nSPS) is 9.33. The van der Waals surface area contributed by atoms with Gasteiger partial charge in [-0.25, -0.2) is 0 Å². The molecule has 0 saturated carbocycles. The zero-order valence-corrected chi connectivity index (χ0v) is 7.12. The minimum absolute atomic E-state index is 0. The SMILES string of the molecule is CCCC(Cl)CCC.[B]. The molecule has 0 atom stereocenters. The Labute approximate surface area is 65.6 Å². The number of alkyl halides is 1. The molecule has 3 radical (unpaired) electrons. The van der Waals surface area contributed by atoms with Crippen LogP contribution in [0, 0.1) is 0 Å². The minimum atomic E-state index is 0. The molecule has 2 heteroatoms. The van der Waals surface area contributed by atoms with Crippen molar-refractivity contribution in [2.45, 2.75) is 44.9 Å². The summed E-state index contributed by atoms with van der Waals surface area (Å²) >= 11 is 5.88. The van der Waals surface area contributed by atoms with Gasteiger partial charge in [-0.05, 0) is 12.8 Å². The molecule has 0 spiro atoms. The molecule has 0 bridgehead atoms. The molecule has 0 aliphatic rings. The highest BCUT2D eigenvalue weighted by Gasteiger charge is 1.98. The molecule has 0 rings (SSSR count). The second-order valence-corrected chi connectivity index (χ2v) is 2.79. The summed E-state index contributed by atoms with van der Waals surface area (Å²) < 4.78 is 0. The van der Waals surface area contributed by atoms with Crippen molar-refractivity contribution in [3.63, 3.8) is 0 Å². The summed E-state index contributed by atoms with van der Waals surface area (Å²) in [5.74, 6) is 0. The van der Waals surface area contributed by atoms with Crippen LogP contribution in [-0.4, -0.2) is 13.8 Å². The molecule has 0 nitrogen and oxygen atoms in total. The quantitative estimate of drug-likeness (QED) is 0.422. The molecule has 9 heavy (non-hydrogen) atoms. The Hall–Kier alpha value is 0.355. The molecule has 0 aliphatic carbocycles. The minimum Gasteiger partial charge on any atom is -0.123 e. The van der Waals surface area contributed by atoms with Crippen LogP contribution < -0.4 is 0 Å². The lowest BCUT2D eigenvalue weighted by molar-refractivity contribution is 0.665. The summed E-state index contributed by atoms with van der Waals surface area (Å²) in [6.45, 7) is 4.34. The first-order valence-corrected chi connectivity index (χ1v) is 3.89. The molecular formula is C7H15BCl. The van der Waals surface area contributed by atoms with Crippen LogP contribution in [0.25, 0.3) is 0 Å². The van der Waals surface area contributed by atoms with Crippen LogP contribution in [0.4, 0.5) is 0 Å². The van der Waals surface area contributed by atoms with Crippen molar-refractivity contribution in [1.82, 2.24) is 0 Å². The Morgan fingerprint density at radius 2 is 1.44 bits per heavy atom. The largest absolute Gasteiger partial charge is 0.123 e. The van der Waals surface area contributed by atoms with Crippen LogP contribution in [0.5, 0.6) is 0 Å². The molecule has 0 aromatic rings. The van der Waals surface area contributed by atoms with E-state index >= 15 is 0 Å². The molecule has 0 amide bonds. The zero-order valence-electron chi connectivity index (χ0n) is 6.36. The Morgan fingerprint density at radius 1 is 1.11 bits per heavy atom. The van der Waals surface area contributed by atoms with Gasteiger partial charge in [0.2, 0.25) is 0 Å². The lowest BCUT2D eigenvalue weighted by Crippen LogP contribution is -1.94. The standard InChI is InChI=1S/C7H15Cl.B/c1-3-5-7(8)6-4-2;/h7H,3-6H2,1-2H3;. The second kappa shape index (κ2) is 8.35. The molecule has 0 heterocycles. The third-order valence-electron chi connectivity index (χ3n) is 1.20. The molecule has 0 fully saturated rings. The molecule has 0 unspecified atom stereocenters. The number of hydrogen-bond donors (Lipinski definition) is 0. The van der Waals surface area contributed by atoms with E-state index in [9.17, 15) is 0 Å².